The van der Waals surface area contributed by atoms with E-state index in [1.54, 1.807) is 12.1 Å². The fourth-order valence-corrected chi connectivity index (χ4v) is 2.34. The van der Waals surface area contributed by atoms with E-state index in [1.165, 1.54) is 18.4 Å². The van der Waals surface area contributed by atoms with Crippen molar-refractivity contribution in [1.29, 1.82) is 0 Å². The quantitative estimate of drug-likeness (QED) is 0.873. The van der Waals surface area contributed by atoms with Crippen LogP contribution in [0.5, 0.6) is 0 Å². The monoisotopic (exact) mass is 282 g/mol. The molecule has 1 aromatic carbocycles. The minimum atomic E-state index is -0.423. The third-order valence-electron chi connectivity index (χ3n) is 2.27. The summed E-state index contributed by atoms with van der Waals surface area (Å²) < 4.78 is 4.66. The number of hydrogen-bond acceptors (Lipinski definition) is 5. The minimum absolute atomic E-state index is 0.346. The number of anilines is 2. The molecule has 1 aromatic heterocycles. The maximum atomic E-state index is 11.4. The SMILES string of the molecule is COC(=O)c1nc(Nc2ccc(Cl)cc2)sc1C. The Balaban J connectivity index is 2.20. The Morgan fingerprint density at radius 1 is 1.39 bits per heavy atom. The summed E-state index contributed by atoms with van der Waals surface area (Å²) in [5.41, 5.74) is 1.21. The molecule has 4 nitrogen and oxygen atoms in total. The van der Waals surface area contributed by atoms with Crippen LogP contribution in [0.1, 0.15) is 15.4 Å². The van der Waals surface area contributed by atoms with E-state index in [0.717, 1.165) is 10.6 Å². The third-order valence-corrected chi connectivity index (χ3v) is 3.41. The first kappa shape index (κ1) is 12.9. The van der Waals surface area contributed by atoms with Gasteiger partial charge in [-0.15, -0.1) is 11.3 Å². The molecule has 0 radical (unpaired) electrons. The van der Waals surface area contributed by atoms with Crippen molar-refractivity contribution in [2.75, 3.05) is 12.4 Å². The average Bonchev–Trinajstić information content (AvgIpc) is 2.72. The van der Waals surface area contributed by atoms with Crippen LogP contribution >= 0.6 is 22.9 Å². The van der Waals surface area contributed by atoms with E-state index in [-0.39, 0.29) is 0 Å². The summed E-state index contributed by atoms with van der Waals surface area (Å²) in [6.45, 7) is 1.83. The van der Waals surface area contributed by atoms with E-state index >= 15 is 0 Å². The first-order valence-corrected chi connectivity index (χ1v) is 6.38. The van der Waals surface area contributed by atoms with Crippen LogP contribution in [0.3, 0.4) is 0 Å². The average molecular weight is 283 g/mol. The summed E-state index contributed by atoms with van der Waals surface area (Å²) in [5.74, 6) is -0.423. The molecule has 1 heterocycles. The lowest BCUT2D eigenvalue weighted by molar-refractivity contribution is 0.0594. The second kappa shape index (κ2) is 5.37. The molecule has 18 heavy (non-hydrogen) atoms. The van der Waals surface area contributed by atoms with Crippen molar-refractivity contribution in [1.82, 2.24) is 4.98 Å². The highest BCUT2D eigenvalue weighted by atomic mass is 35.5. The van der Waals surface area contributed by atoms with Gasteiger partial charge >= 0.3 is 5.97 Å². The largest absolute Gasteiger partial charge is 0.464 e. The number of rotatable bonds is 3. The Morgan fingerprint density at radius 2 is 2.06 bits per heavy atom. The van der Waals surface area contributed by atoms with Crippen LogP contribution in [-0.2, 0) is 4.74 Å². The van der Waals surface area contributed by atoms with Gasteiger partial charge in [0.1, 0.15) is 0 Å². The van der Waals surface area contributed by atoms with Crippen LogP contribution in [0.15, 0.2) is 24.3 Å². The van der Waals surface area contributed by atoms with Gasteiger partial charge in [0.15, 0.2) is 10.8 Å². The van der Waals surface area contributed by atoms with Crippen molar-refractivity contribution in [3.8, 4) is 0 Å². The van der Waals surface area contributed by atoms with Crippen molar-refractivity contribution in [3.05, 3.63) is 39.9 Å². The van der Waals surface area contributed by atoms with Gasteiger partial charge in [0.05, 0.1) is 7.11 Å². The number of hydrogen-bond donors (Lipinski definition) is 1. The van der Waals surface area contributed by atoms with Crippen LogP contribution in [0.4, 0.5) is 10.8 Å². The zero-order chi connectivity index (χ0) is 13.1. The van der Waals surface area contributed by atoms with Crippen LogP contribution in [0.25, 0.3) is 0 Å². The van der Waals surface area contributed by atoms with Gasteiger partial charge in [-0.25, -0.2) is 9.78 Å². The van der Waals surface area contributed by atoms with E-state index in [0.29, 0.717) is 15.8 Å². The highest BCUT2D eigenvalue weighted by molar-refractivity contribution is 7.15. The molecule has 0 aliphatic heterocycles. The topological polar surface area (TPSA) is 51.2 Å². The van der Waals surface area contributed by atoms with E-state index in [1.807, 2.05) is 19.1 Å². The Hall–Kier alpha value is -1.59. The number of methoxy groups -OCH3 is 1. The fraction of sp³-hybridized carbons (Fsp3) is 0.167. The molecule has 1 N–H and O–H groups in total. The zero-order valence-electron chi connectivity index (χ0n) is 9.86. The fourth-order valence-electron chi connectivity index (χ4n) is 1.39. The van der Waals surface area contributed by atoms with Gasteiger partial charge in [-0.2, -0.15) is 0 Å². The predicted octanol–water partition coefficient (Wildman–Crippen LogP) is 3.64. The van der Waals surface area contributed by atoms with E-state index in [9.17, 15) is 4.79 Å². The maximum absolute atomic E-state index is 11.4. The maximum Gasteiger partial charge on any atom is 0.357 e. The van der Waals surface area contributed by atoms with Crippen LogP contribution in [-0.4, -0.2) is 18.1 Å². The van der Waals surface area contributed by atoms with Crippen molar-refractivity contribution >= 4 is 39.7 Å². The number of benzene rings is 1. The number of halogens is 1. The number of nitrogens with zero attached hydrogens (tertiary/aromatic N) is 1. The Bertz CT molecular complexity index is 566. The number of aryl methyl sites for hydroxylation is 1. The number of thiazole rings is 1. The number of esters is 1. The molecular formula is C12H11ClN2O2S. The summed E-state index contributed by atoms with van der Waals surface area (Å²) in [5, 5.41) is 4.43. The number of carbonyl (C=O) groups is 1. The summed E-state index contributed by atoms with van der Waals surface area (Å²) >= 11 is 7.20. The number of aromatic nitrogens is 1. The standard InChI is InChI=1S/C12H11ClN2O2S/c1-7-10(11(16)17-2)15-12(18-7)14-9-5-3-8(13)4-6-9/h3-6H,1-2H3,(H,14,15). The molecular weight excluding hydrogens is 272 g/mol. The predicted molar refractivity (Wildman–Crippen MR) is 72.9 cm³/mol. The Kier molecular flexibility index (Phi) is 3.84. The zero-order valence-corrected chi connectivity index (χ0v) is 11.4. The summed E-state index contributed by atoms with van der Waals surface area (Å²) in [6, 6.07) is 7.25. The van der Waals surface area contributed by atoms with Crippen molar-refractivity contribution in [2.24, 2.45) is 0 Å². The molecule has 6 heteroatoms. The van der Waals surface area contributed by atoms with Crippen molar-refractivity contribution in [2.45, 2.75) is 6.92 Å². The van der Waals surface area contributed by atoms with E-state index in [2.05, 4.69) is 15.0 Å². The Labute approximate surface area is 114 Å². The third kappa shape index (κ3) is 2.80. The molecule has 0 aliphatic rings. The van der Waals surface area contributed by atoms with Gasteiger partial charge in [0.2, 0.25) is 0 Å². The summed E-state index contributed by atoms with van der Waals surface area (Å²) in [4.78, 5) is 16.4. The molecule has 0 unspecified atom stereocenters. The molecule has 94 valence electrons. The smallest absolute Gasteiger partial charge is 0.357 e. The summed E-state index contributed by atoms with van der Waals surface area (Å²) in [6.07, 6.45) is 0. The molecule has 0 fully saturated rings. The molecule has 0 atom stereocenters. The first-order chi connectivity index (χ1) is 8.60. The Morgan fingerprint density at radius 3 is 2.67 bits per heavy atom. The summed E-state index contributed by atoms with van der Waals surface area (Å²) in [7, 11) is 1.34. The van der Waals surface area contributed by atoms with E-state index < -0.39 is 5.97 Å². The minimum Gasteiger partial charge on any atom is -0.464 e. The second-order valence-electron chi connectivity index (χ2n) is 3.55. The molecule has 2 aromatic rings. The lowest BCUT2D eigenvalue weighted by Gasteiger charge is -2.01. The van der Waals surface area contributed by atoms with Gasteiger partial charge in [-0.1, -0.05) is 11.6 Å². The number of nitrogens with one attached hydrogen (secondary N) is 1. The lowest BCUT2D eigenvalue weighted by Crippen LogP contribution is -2.03. The molecule has 0 bridgehead atoms. The van der Waals surface area contributed by atoms with Gasteiger partial charge in [-0.3, -0.25) is 0 Å². The number of carbonyl (C=O) groups excluding carboxylic acids is 1. The molecule has 0 aliphatic carbocycles. The van der Waals surface area contributed by atoms with E-state index in [4.69, 9.17) is 11.6 Å². The molecule has 0 amide bonds. The van der Waals surface area contributed by atoms with Crippen LogP contribution < -0.4 is 5.32 Å². The number of ether oxygens (including phenoxy) is 1. The molecule has 0 saturated heterocycles. The highest BCUT2D eigenvalue weighted by Gasteiger charge is 2.15. The molecule has 2 rings (SSSR count). The van der Waals surface area contributed by atoms with Crippen LogP contribution in [0, 0.1) is 6.92 Å². The highest BCUT2D eigenvalue weighted by Crippen LogP contribution is 2.26. The van der Waals surface area contributed by atoms with Gasteiger partial charge in [-0.05, 0) is 31.2 Å². The van der Waals surface area contributed by atoms with Gasteiger partial charge < -0.3 is 10.1 Å². The van der Waals surface area contributed by atoms with Crippen molar-refractivity contribution in [3.63, 3.8) is 0 Å². The molecule has 0 spiro atoms. The van der Waals surface area contributed by atoms with Gasteiger partial charge in [0, 0.05) is 15.6 Å². The first-order valence-electron chi connectivity index (χ1n) is 5.18. The van der Waals surface area contributed by atoms with Crippen molar-refractivity contribution < 1.29 is 9.53 Å². The second-order valence-corrected chi connectivity index (χ2v) is 5.19. The normalized spacial score (nSPS) is 10.2. The molecule has 0 saturated carbocycles. The van der Waals surface area contributed by atoms with Gasteiger partial charge in [0.25, 0.3) is 0 Å². The lowest BCUT2D eigenvalue weighted by atomic mass is 10.3. The van der Waals surface area contributed by atoms with Crippen LogP contribution in [0.2, 0.25) is 5.02 Å².